The average molecular weight is 368 g/mol. The number of nitrogens with one attached hydrogen (secondary N) is 1. The Labute approximate surface area is 154 Å². The summed E-state index contributed by atoms with van der Waals surface area (Å²) in [5.74, 6) is 0.909. The van der Waals surface area contributed by atoms with Crippen molar-refractivity contribution < 1.29 is 19.2 Å². The molecule has 0 saturated heterocycles. The number of amides is 1. The minimum atomic E-state index is -0.555. The largest absolute Gasteiger partial charge is 0.497 e. The summed E-state index contributed by atoms with van der Waals surface area (Å²) < 4.78 is 12.2. The highest BCUT2D eigenvalue weighted by molar-refractivity contribution is 6.03. The molecule has 3 rings (SSSR count). The van der Waals surface area contributed by atoms with E-state index in [4.69, 9.17) is 9.47 Å². The third kappa shape index (κ3) is 4.21. The predicted molar refractivity (Wildman–Crippen MR) is 97.3 cm³/mol. The number of aryl methyl sites for hydroxylation is 1. The Bertz CT molecular complexity index is 982. The highest BCUT2D eigenvalue weighted by atomic mass is 16.6. The number of rotatable bonds is 6. The number of carbonyl (C=O) groups is 1. The first kappa shape index (κ1) is 17.9. The minimum absolute atomic E-state index is 0.207. The van der Waals surface area contributed by atoms with Gasteiger partial charge in [-0.05, 0) is 30.3 Å². The van der Waals surface area contributed by atoms with Crippen LogP contribution in [0.15, 0.2) is 54.7 Å². The van der Waals surface area contributed by atoms with Gasteiger partial charge in [-0.15, -0.1) is 0 Å². The SMILES string of the molecule is COc1ccc(Oc2cc(NC(=O)c3ccnn3C)cc([N+](=O)[O-])c2)cc1. The lowest BCUT2D eigenvalue weighted by atomic mass is 10.2. The van der Waals surface area contributed by atoms with Crippen molar-refractivity contribution >= 4 is 17.3 Å². The van der Waals surface area contributed by atoms with Crippen LogP contribution in [0.2, 0.25) is 0 Å². The summed E-state index contributed by atoms with van der Waals surface area (Å²) >= 11 is 0. The van der Waals surface area contributed by atoms with Crippen LogP contribution in [0.3, 0.4) is 0 Å². The van der Waals surface area contributed by atoms with Crippen LogP contribution in [0.4, 0.5) is 11.4 Å². The number of methoxy groups -OCH3 is 1. The van der Waals surface area contributed by atoms with Gasteiger partial charge in [0.15, 0.2) is 0 Å². The number of benzene rings is 2. The molecule has 0 fully saturated rings. The zero-order chi connectivity index (χ0) is 19.4. The van der Waals surface area contributed by atoms with Crippen molar-refractivity contribution in [2.24, 2.45) is 7.05 Å². The summed E-state index contributed by atoms with van der Waals surface area (Å²) in [6, 6.07) is 12.3. The minimum Gasteiger partial charge on any atom is -0.497 e. The normalized spacial score (nSPS) is 10.3. The number of ether oxygens (including phenoxy) is 2. The van der Waals surface area contributed by atoms with Crippen LogP contribution >= 0.6 is 0 Å². The van der Waals surface area contributed by atoms with Crippen LogP contribution < -0.4 is 14.8 Å². The third-order valence-corrected chi connectivity index (χ3v) is 3.71. The molecular formula is C18H16N4O5. The first-order chi connectivity index (χ1) is 13.0. The van der Waals surface area contributed by atoms with E-state index in [1.54, 1.807) is 44.5 Å². The van der Waals surface area contributed by atoms with E-state index in [1.165, 1.54) is 29.1 Å². The predicted octanol–water partition coefficient (Wildman–Crippen LogP) is 3.38. The molecule has 0 bridgehead atoms. The van der Waals surface area contributed by atoms with Crippen molar-refractivity contribution in [2.75, 3.05) is 12.4 Å². The van der Waals surface area contributed by atoms with Gasteiger partial charge in [-0.3, -0.25) is 19.6 Å². The fourth-order valence-electron chi connectivity index (χ4n) is 2.39. The molecule has 0 aliphatic rings. The molecule has 1 aromatic heterocycles. The Morgan fingerprint density at radius 3 is 2.41 bits per heavy atom. The molecule has 138 valence electrons. The molecule has 1 amide bonds. The van der Waals surface area contributed by atoms with Gasteiger partial charge in [-0.25, -0.2) is 0 Å². The number of carbonyl (C=O) groups excluding carboxylic acids is 1. The lowest BCUT2D eigenvalue weighted by Gasteiger charge is -2.10. The first-order valence-electron chi connectivity index (χ1n) is 7.87. The number of anilines is 1. The number of nitrogens with zero attached hydrogens (tertiary/aromatic N) is 3. The van der Waals surface area contributed by atoms with Gasteiger partial charge in [0.25, 0.3) is 11.6 Å². The third-order valence-electron chi connectivity index (χ3n) is 3.71. The maximum Gasteiger partial charge on any atom is 0.275 e. The fraction of sp³-hybridized carbons (Fsp3) is 0.111. The molecule has 0 unspecified atom stereocenters. The second kappa shape index (κ2) is 7.56. The Balaban J connectivity index is 1.86. The van der Waals surface area contributed by atoms with Crippen LogP contribution in [-0.2, 0) is 7.05 Å². The molecule has 0 saturated carbocycles. The lowest BCUT2D eigenvalue weighted by molar-refractivity contribution is -0.384. The summed E-state index contributed by atoms with van der Waals surface area (Å²) in [4.78, 5) is 23.0. The number of hydrogen-bond donors (Lipinski definition) is 1. The van der Waals surface area contributed by atoms with E-state index in [9.17, 15) is 14.9 Å². The molecular weight excluding hydrogens is 352 g/mol. The number of non-ortho nitro benzene ring substituents is 1. The van der Waals surface area contributed by atoms with E-state index in [1.807, 2.05) is 0 Å². The number of nitro benzene ring substituents is 1. The Kier molecular flexibility index (Phi) is 5.02. The van der Waals surface area contributed by atoms with Gasteiger partial charge in [-0.2, -0.15) is 5.10 Å². The van der Waals surface area contributed by atoms with E-state index >= 15 is 0 Å². The van der Waals surface area contributed by atoms with Crippen molar-refractivity contribution in [3.05, 3.63) is 70.5 Å². The molecule has 9 heteroatoms. The molecule has 3 aromatic rings. The van der Waals surface area contributed by atoms with Crippen LogP contribution in [0, 0.1) is 10.1 Å². The second-order valence-electron chi connectivity index (χ2n) is 5.54. The highest BCUT2D eigenvalue weighted by Gasteiger charge is 2.15. The van der Waals surface area contributed by atoms with Crippen molar-refractivity contribution in [3.8, 4) is 17.2 Å². The molecule has 0 aliphatic carbocycles. The molecule has 1 heterocycles. The van der Waals surface area contributed by atoms with Crippen LogP contribution in [0.5, 0.6) is 17.2 Å². The molecule has 1 N–H and O–H groups in total. The molecule has 0 atom stereocenters. The van der Waals surface area contributed by atoms with E-state index in [2.05, 4.69) is 10.4 Å². The maximum absolute atomic E-state index is 12.3. The zero-order valence-corrected chi connectivity index (χ0v) is 14.6. The van der Waals surface area contributed by atoms with Crippen molar-refractivity contribution in [3.63, 3.8) is 0 Å². The fourth-order valence-corrected chi connectivity index (χ4v) is 2.39. The first-order valence-corrected chi connectivity index (χ1v) is 7.87. The molecule has 9 nitrogen and oxygen atoms in total. The molecule has 0 radical (unpaired) electrons. The Morgan fingerprint density at radius 2 is 1.81 bits per heavy atom. The topological polar surface area (TPSA) is 109 Å². The van der Waals surface area contributed by atoms with Gasteiger partial charge < -0.3 is 14.8 Å². The van der Waals surface area contributed by atoms with Crippen LogP contribution in [0.25, 0.3) is 0 Å². The van der Waals surface area contributed by atoms with Crippen molar-refractivity contribution in [2.45, 2.75) is 0 Å². The summed E-state index contributed by atoms with van der Waals surface area (Å²) in [5, 5.41) is 17.8. The van der Waals surface area contributed by atoms with E-state index in [-0.39, 0.29) is 17.1 Å². The number of aromatic nitrogens is 2. The van der Waals surface area contributed by atoms with Gasteiger partial charge in [0.2, 0.25) is 0 Å². The molecule has 2 aromatic carbocycles. The van der Waals surface area contributed by atoms with Crippen LogP contribution in [-0.4, -0.2) is 27.7 Å². The number of nitro groups is 1. The summed E-state index contributed by atoms with van der Waals surface area (Å²) in [7, 11) is 3.17. The van der Waals surface area contributed by atoms with Crippen molar-refractivity contribution in [1.29, 1.82) is 0 Å². The lowest BCUT2D eigenvalue weighted by Crippen LogP contribution is -2.16. The Hall–Kier alpha value is -3.88. The molecule has 0 aliphatic heterocycles. The van der Waals surface area contributed by atoms with Crippen LogP contribution in [0.1, 0.15) is 10.5 Å². The van der Waals surface area contributed by atoms with Gasteiger partial charge in [0.05, 0.1) is 23.8 Å². The van der Waals surface area contributed by atoms with Gasteiger partial charge in [0.1, 0.15) is 22.9 Å². The van der Waals surface area contributed by atoms with Crippen molar-refractivity contribution in [1.82, 2.24) is 9.78 Å². The Morgan fingerprint density at radius 1 is 1.11 bits per heavy atom. The average Bonchev–Trinajstić information content (AvgIpc) is 3.08. The summed E-state index contributed by atoms with van der Waals surface area (Å²) in [5.41, 5.74) is 0.347. The van der Waals surface area contributed by atoms with Gasteiger partial charge in [-0.1, -0.05) is 0 Å². The van der Waals surface area contributed by atoms with E-state index in [0.29, 0.717) is 17.2 Å². The number of hydrogen-bond acceptors (Lipinski definition) is 6. The summed E-state index contributed by atoms with van der Waals surface area (Å²) in [6.45, 7) is 0. The summed E-state index contributed by atoms with van der Waals surface area (Å²) in [6.07, 6.45) is 1.49. The zero-order valence-electron chi connectivity index (χ0n) is 14.6. The van der Waals surface area contributed by atoms with E-state index < -0.39 is 10.8 Å². The highest BCUT2D eigenvalue weighted by Crippen LogP contribution is 2.30. The second-order valence-corrected chi connectivity index (χ2v) is 5.54. The molecule has 27 heavy (non-hydrogen) atoms. The van der Waals surface area contributed by atoms with Gasteiger partial charge >= 0.3 is 0 Å². The smallest absolute Gasteiger partial charge is 0.275 e. The molecule has 0 spiro atoms. The maximum atomic E-state index is 12.3. The van der Waals surface area contributed by atoms with E-state index in [0.717, 1.165) is 0 Å². The van der Waals surface area contributed by atoms with Gasteiger partial charge in [0, 0.05) is 25.4 Å². The quantitative estimate of drug-likeness (QED) is 0.528. The standard InChI is InChI=1S/C18H16N4O5/c1-21-17(7-8-19-21)18(23)20-12-9-13(22(24)25)11-16(10-12)27-15-5-3-14(26-2)4-6-15/h3-11H,1-2H3,(H,20,23). The monoisotopic (exact) mass is 368 g/mol.